The van der Waals surface area contributed by atoms with Crippen LogP contribution in [0.3, 0.4) is 0 Å². The van der Waals surface area contributed by atoms with Crippen LogP contribution in [0.15, 0.2) is 29.2 Å². The van der Waals surface area contributed by atoms with E-state index < -0.39 is 46.8 Å². The molecule has 0 aliphatic carbocycles. The summed E-state index contributed by atoms with van der Waals surface area (Å²) in [6, 6.07) is 2.75. The van der Waals surface area contributed by atoms with Crippen LogP contribution in [-0.4, -0.2) is 42.5 Å². The summed E-state index contributed by atoms with van der Waals surface area (Å²) in [6.07, 6.45) is 0.198. The number of hydrogen-bond donors (Lipinski definition) is 2. The summed E-state index contributed by atoms with van der Waals surface area (Å²) < 4.78 is 38.7. The lowest BCUT2D eigenvalue weighted by Gasteiger charge is -2.38. The number of ketones is 1. The number of methoxy groups -OCH3 is 2. The Morgan fingerprint density at radius 1 is 1.18 bits per heavy atom. The molecule has 1 aliphatic heterocycles. The van der Waals surface area contributed by atoms with Crippen LogP contribution >= 0.6 is 0 Å². The third-order valence-electron chi connectivity index (χ3n) is 5.62. The van der Waals surface area contributed by atoms with Gasteiger partial charge in [0.1, 0.15) is 22.9 Å². The minimum absolute atomic E-state index is 0.0215. The highest BCUT2D eigenvalue weighted by Gasteiger charge is 2.45. The van der Waals surface area contributed by atoms with Crippen LogP contribution in [0, 0.1) is 17.0 Å². The first-order valence-electron chi connectivity index (χ1n) is 9.93. The molecule has 3 rings (SSSR count). The van der Waals surface area contributed by atoms with Gasteiger partial charge in [0, 0.05) is 19.4 Å². The Morgan fingerprint density at radius 2 is 1.88 bits per heavy atom. The SMILES string of the molecule is COc1c2n(cc(C(=O)NNC(=O)Cc3ccc(F)cc3F)c1=O)CC(OC)C(C)(C)C2=O. The molecule has 33 heavy (non-hydrogen) atoms. The highest BCUT2D eigenvalue weighted by molar-refractivity contribution is 6.03. The maximum absolute atomic E-state index is 13.7. The van der Waals surface area contributed by atoms with Crippen molar-refractivity contribution in [2.45, 2.75) is 32.9 Å². The molecule has 1 aromatic carbocycles. The zero-order chi connectivity index (χ0) is 24.5. The van der Waals surface area contributed by atoms with Gasteiger partial charge in [0.05, 0.1) is 31.6 Å². The van der Waals surface area contributed by atoms with E-state index >= 15 is 0 Å². The lowest BCUT2D eigenvalue weighted by Crippen LogP contribution is -2.49. The molecule has 2 heterocycles. The zero-order valence-corrected chi connectivity index (χ0v) is 18.5. The van der Waals surface area contributed by atoms with Gasteiger partial charge in [-0.05, 0) is 25.5 Å². The Labute approximate surface area is 187 Å². The number of aromatic nitrogens is 1. The van der Waals surface area contributed by atoms with Gasteiger partial charge < -0.3 is 14.0 Å². The zero-order valence-electron chi connectivity index (χ0n) is 18.5. The van der Waals surface area contributed by atoms with Crippen molar-refractivity contribution in [1.29, 1.82) is 0 Å². The van der Waals surface area contributed by atoms with Crippen molar-refractivity contribution in [3.63, 3.8) is 0 Å². The van der Waals surface area contributed by atoms with Crippen LogP contribution in [0.4, 0.5) is 8.78 Å². The minimum Gasteiger partial charge on any atom is -0.491 e. The first-order valence-corrected chi connectivity index (χ1v) is 9.93. The summed E-state index contributed by atoms with van der Waals surface area (Å²) >= 11 is 0. The fourth-order valence-electron chi connectivity index (χ4n) is 3.67. The van der Waals surface area contributed by atoms with Crippen molar-refractivity contribution in [3.05, 3.63) is 63.1 Å². The lowest BCUT2D eigenvalue weighted by atomic mass is 9.77. The second kappa shape index (κ2) is 9.10. The summed E-state index contributed by atoms with van der Waals surface area (Å²) in [5, 5.41) is 0. The second-order valence-corrected chi connectivity index (χ2v) is 8.10. The summed E-state index contributed by atoms with van der Waals surface area (Å²) in [5.74, 6) is -4.13. The fraction of sp³-hybridized carbons (Fsp3) is 0.364. The van der Waals surface area contributed by atoms with Gasteiger partial charge in [-0.15, -0.1) is 0 Å². The number of nitrogens with zero attached hydrogens (tertiary/aromatic N) is 1. The molecule has 1 unspecified atom stereocenters. The fourth-order valence-corrected chi connectivity index (χ4v) is 3.67. The van der Waals surface area contributed by atoms with Crippen molar-refractivity contribution < 1.29 is 32.6 Å². The second-order valence-electron chi connectivity index (χ2n) is 8.10. The molecule has 176 valence electrons. The molecular weight excluding hydrogens is 440 g/mol. The average molecular weight is 463 g/mol. The smallest absolute Gasteiger partial charge is 0.275 e. The molecule has 11 heteroatoms. The highest BCUT2D eigenvalue weighted by Crippen LogP contribution is 2.36. The maximum atomic E-state index is 13.7. The van der Waals surface area contributed by atoms with Crippen LogP contribution in [0.2, 0.25) is 0 Å². The normalized spacial score (nSPS) is 16.7. The van der Waals surface area contributed by atoms with Gasteiger partial charge in [0.25, 0.3) is 5.91 Å². The number of ether oxygens (including phenoxy) is 2. The lowest BCUT2D eigenvalue weighted by molar-refractivity contribution is -0.121. The monoisotopic (exact) mass is 463 g/mol. The molecule has 0 radical (unpaired) electrons. The van der Waals surface area contributed by atoms with Crippen molar-refractivity contribution >= 4 is 17.6 Å². The van der Waals surface area contributed by atoms with Crippen LogP contribution in [0.1, 0.15) is 40.3 Å². The molecule has 2 N–H and O–H groups in total. The van der Waals surface area contributed by atoms with Crippen LogP contribution < -0.4 is 21.0 Å². The van der Waals surface area contributed by atoms with Gasteiger partial charge in [-0.1, -0.05) is 6.07 Å². The number of rotatable bonds is 5. The number of halogens is 2. The maximum Gasteiger partial charge on any atom is 0.275 e. The Kier molecular flexibility index (Phi) is 6.63. The molecule has 9 nitrogen and oxygen atoms in total. The number of Topliss-reactive ketones (excluding diaryl/α,β-unsaturated/α-hetero) is 1. The molecule has 0 fully saturated rings. The summed E-state index contributed by atoms with van der Waals surface area (Å²) in [6.45, 7) is 3.56. The Morgan fingerprint density at radius 3 is 2.48 bits per heavy atom. The number of benzene rings is 1. The van der Waals surface area contributed by atoms with Gasteiger partial charge in [-0.25, -0.2) is 8.78 Å². The third-order valence-corrected chi connectivity index (χ3v) is 5.62. The third kappa shape index (κ3) is 4.49. The van der Waals surface area contributed by atoms with E-state index in [0.29, 0.717) is 6.07 Å². The van der Waals surface area contributed by atoms with Gasteiger partial charge in [-0.3, -0.25) is 30.0 Å². The minimum atomic E-state index is -0.965. The van der Waals surface area contributed by atoms with Crippen LogP contribution in [0.25, 0.3) is 0 Å². The Hall–Kier alpha value is -3.60. The molecule has 0 saturated carbocycles. The average Bonchev–Trinajstić information content (AvgIpc) is 2.76. The highest BCUT2D eigenvalue weighted by atomic mass is 19.1. The van der Waals surface area contributed by atoms with Gasteiger partial charge in [0.2, 0.25) is 11.3 Å². The topological polar surface area (TPSA) is 116 Å². The number of pyridine rings is 1. The Bertz CT molecular complexity index is 1190. The van der Waals surface area contributed by atoms with E-state index in [0.717, 1.165) is 12.1 Å². The summed E-state index contributed by atoms with van der Waals surface area (Å²) in [4.78, 5) is 50.6. The predicted octanol–water partition coefficient (Wildman–Crippen LogP) is 1.38. The van der Waals surface area contributed by atoms with Gasteiger partial charge >= 0.3 is 0 Å². The van der Waals surface area contributed by atoms with E-state index in [9.17, 15) is 28.0 Å². The van der Waals surface area contributed by atoms with E-state index in [2.05, 4.69) is 10.9 Å². The van der Waals surface area contributed by atoms with Crippen molar-refractivity contribution in [2.75, 3.05) is 14.2 Å². The van der Waals surface area contributed by atoms with E-state index in [1.807, 2.05) is 0 Å². The number of hydrazine groups is 1. The van der Waals surface area contributed by atoms with Crippen LogP contribution in [-0.2, 0) is 22.5 Å². The summed E-state index contributed by atoms with van der Waals surface area (Å²) in [5.41, 5.74) is 1.96. The van der Waals surface area contributed by atoms with Crippen molar-refractivity contribution in [3.8, 4) is 5.75 Å². The van der Waals surface area contributed by atoms with E-state index in [4.69, 9.17) is 9.47 Å². The van der Waals surface area contributed by atoms with Gasteiger partial charge in [-0.2, -0.15) is 0 Å². The number of carbonyl (C=O) groups excluding carboxylic acids is 3. The molecule has 1 aromatic heterocycles. The van der Waals surface area contributed by atoms with Crippen molar-refractivity contribution in [1.82, 2.24) is 15.4 Å². The molecule has 0 saturated heterocycles. The first-order chi connectivity index (χ1) is 15.5. The largest absolute Gasteiger partial charge is 0.491 e. The number of fused-ring (bicyclic) bond motifs is 1. The van der Waals surface area contributed by atoms with E-state index in [-0.39, 0.29) is 34.9 Å². The molecule has 1 atom stereocenters. The van der Waals surface area contributed by atoms with E-state index in [1.54, 1.807) is 13.8 Å². The number of amides is 2. The molecule has 2 amide bonds. The standard InChI is InChI=1S/C22H23F2N3O6/c1-22(2)15(32-3)10-27-9-13(18(29)19(33-4)17(27)20(22)30)21(31)26-25-16(28)7-11-5-6-12(23)8-14(11)24/h5-6,8-9,15H,7,10H2,1-4H3,(H,25,28)(H,26,31). The number of carbonyl (C=O) groups is 3. The number of hydrogen-bond acceptors (Lipinski definition) is 6. The molecule has 1 aliphatic rings. The van der Waals surface area contributed by atoms with Crippen LogP contribution in [0.5, 0.6) is 5.75 Å². The molecule has 2 aromatic rings. The quantitative estimate of drug-likeness (QED) is 0.648. The number of nitrogens with one attached hydrogen (secondary N) is 2. The predicted molar refractivity (Wildman–Crippen MR) is 112 cm³/mol. The molecule has 0 spiro atoms. The van der Waals surface area contributed by atoms with Gasteiger partial charge in [0.15, 0.2) is 11.5 Å². The summed E-state index contributed by atoms with van der Waals surface area (Å²) in [7, 11) is 2.67. The Balaban J connectivity index is 1.83. The molecule has 0 bridgehead atoms. The molecular formula is C22H23F2N3O6. The van der Waals surface area contributed by atoms with E-state index in [1.165, 1.54) is 25.0 Å². The first kappa shape index (κ1) is 24.1. The van der Waals surface area contributed by atoms with Crippen molar-refractivity contribution in [2.24, 2.45) is 5.41 Å².